The van der Waals surface area contributed by atoms with Crippen LogP contribution in [0.25, 0.3) is 22.0 Å². The van der Waals surface area contributed by atoms with Gasteiger partial charge in [0.05, 0.1) is 5.69 Å². The zero-order chi connectivity index (χ0) is 23.7. The summed E-state index contributed by atoms with van der Waals surface area (Å²) >= 11 is 1.48. The van der Waals surface area contributed by atoms with Gasteiger partial charge in [-0.2, -0.15) is 5.10 Å². The van der Waals surface area contributed by atoms with E-state index in [1.54, 1.807) is 24.2 Å². The van der Waals surface area contributed by atoms with Crippen LogP contribution in [0.5, 0.6) is 0 Å². The molecular weight excluding hydrogens is 450 g/mol. The predicted octanol–water partition coefficient (Wildman–Crippen LogP) is 3.67. The molecule has 1 aliphatic heterocycles. The largest absolute Gasteiger partial charge is 0.375 e. The number of aliphatic hydroxyl groups is 1. The van der Waals surface area contributed by atoms with E-state index in [0.29, 0.717) is 36.0 Å². The van der Waals surface area contributed by atoms with Crippen LogP contribution >= 0.6 is 11.3 Å². The molecular formula is C24H25N7O2S. The first-order chi connectivity index (χ1) is 16.5. The van der Waals surface area contributed by atoms with Crippen LogP contribution in [0.4, 0.5) is 11.8 Å². The first kappa shape index (κ1) is 22.2. The van der Waals surface area contributed by atoms with Gasteiger partial charge in [0, 0.05) is 56.0 Å². The van der Waals surface area contributed by atoms with Crippen molar-refractivity contribution in [3.8, 4) is 22.0 Å². The number of aryl methyl sites for hydroxylation is 1. The number of likely N-dealkylation sites (N-methyl/N-ethyl adjacent to an activating group) is 1. The molecule has 0 bridgehead atoms. The molecule has 4 heterocycles. The predicted molar refractivity (Wildman–Crippen MR) is 131 cm³/mol. The van der Waals surface area contributed by atoms with Crippen LogP contribution < -0.4 is 5.32 Å². The molecule has 10 heteroatoms. The lowest BCUT2D eigenvalue weighted by molar-refractivity contribution is -0.143. The highest BCUT2D eigenvalue weighted by molar-refractivity contribution is 7.13. The van der Waals surface area contributed by atoms with Crippen molar-refractivity contribution >= 4 is 29.0 Å². The number of benzene rings is 1. The molecule has 0 spiro atoms. The second-order valence-electron chi connectivity index (χ2n) is 8.31. The molecule has 4 aromatic rings. The molecule has 174 valence electrons. The van der Waals surface area contributed by atoms with Gasteiger partial charge in [0.2, 0.25) is 5.95 Å². The summed E-state index contributed by atoms with van der Waals surface area (Å²) in [5, 5.41) is 21.3. The number of nitrogens with one attached hydrogen (secondary N) is 1. The molecule has 0 saturated carbocycles. The number of aromatic nitrogens is 5. The highest BCUT2D eigenvalue weighted by atomic mass is 32.1. The number of nitrogens with zero attached hydrogens (tertiary/aromatic N) is 6. The minimum atomic E-state index is -1.48. The normalized spacial score (nSPS) is 18.0. The maximum Gasteiger partial charge on any atom is 0.258 e. The highest BCUT2D eigenvalue weighted by Crippen LogP contribution is 2.36. The Morgan fingerprint density at radius 3 is 2.88 bits per heavy atom. The average molecular weight is 476 g/mol. The third-order valence-electron chi connectivity index (χ3n) is 5.85. The summed E-state index contributed by atoms with van der Waals surface area (Å²) in [5.41, 5.74) is 1.37. The fourth-order valence-corrected chi connectivity index (χ4v) is 4.82. The van der Waals surface area contributed by atoms with Gasteiger partial charge in [0.1, 0.15) is 10.7 Å². The van der Waals surface area contributed by atoms with Gasteiger partial charge >= 0.3 is 0 Å². The van der Waals surface area contributed by atoms with E-state index >= 15 is 0 Å². The Balaban J connectivity index is 1.37. The number of hydrogen-bond acceptors (Lipinski definition) is 8. The number of carbonyl (C=O) groups is 1. The molecule has 1 amide bonds. The molecule has 1 aliphatic rings. The Labute approximate surface area is 201 Å². The molecule has 1 atom stereocenters. The van der Waals surface area contributed by atoms with Gasteiger partial charge in [0.25, 0.3) is 5.91 Å². The lowest BCUT2D eigenvalue weighted by Crippen LogP contribution is -2.36. The first-order valence-electron chi connectivity index (χ1n) is 11.1. The Kier molecular flexibility index (Phi) is 5.84. The van der Waals surface area contributed by atoms with Crippen LogP contribution in [-0.4, -0.2) is 54.2 Å². The standard InChI is InChI=1S/C24H25N7O2S/c1-3-11-31-12-8-20(29-31)28-23-25-10-7-18(27-23)19-15-34-21(26-19)16-5-4-6-17(14-16)24(33)9-13-30(2)22(24)32/h4-8,10,12,14-15,33H,3,9,11,13H2,1-2H3,(H,25,27,28,29). The number of anilines is 2. The molecule has 0 radical (unpaired) electrons. The van der Waals surface area contributed by atoms with E-state index in [2.05, 4.69) is 27.3 Å². The van der Waals surface area contributed by atoms with Crippen molar-refractivity contribution in [2.45, 2.75) is 31.9 Å². The lowest BCUT2D eigenvalue weighted by Gasteiger charge is -2.21. The second kappa shape index (κ2) is 8.96. The first-order valence-corrected chi connectivity index (χ1v) is 12.0. The number of rotatable bonds is 7. The average Bonchev–Trinajstić information content (AvgIpc) is 3.58. The van der Waals surface area contributed by atoms with Crippen molar-refractivity contribution in [1.82, 2.24) is 29.6 Å². The minimum Gasteiger partial charge on any atom is -0.375 e. The second-order valence-corrected chi connectivity index (χ2v) is 9.17. The molecule has 2 N–H and O–H groups in total. The minimum absolute atomic E-state index is 0.273. The smallest absolute Gasteiger partial charge is 0.258 e. The SMILES string of the molecule is CCCn1ccc(Nc2nccc(-c3csc(-c4cccc(C5(O)CCN(C)C5=O)c4)n3)n2)n1. The van der Waals surface area contributed by atoms with Crippen molar-refractivity contribution < 1.29 is 9.90 Å². The van der Waals surface area contributed by atoms with Crippen molar-refractivity contribution in [2.24, 2.45) is 0 Å². The number of carbonyl (C=O) groups excluding carboxylic acids is 1. The van der Waals surface area contributed by atoms with E-state index in [0.717, 1.165) is 29.2 Å². The van der Waals surface area contributed by atoms with Crippen molar-refractivity contribution in [3.05, 3.63) is 59.7 Å². The fourth-order valence-electron chi connectivity index (χ4n) is 4.01. The monoisotopic (exact) mass is 475 g/mol. The van der Waals surface area contributed by atoms with Crippen molar-refractivity contribution in [3.63, 3.8) is 0 Å². The third-order valence-corrected chi connectivity index (χ3v) is 6.74. The van der Waals surface area contributed by atoms with E-state index in [9.17, 15) is 9.90 Å². The molecule has 34 heavy (non-hydrogen) atoms. The van der Waals surface area contributed by atoms with Crippen molar-refractivity contribution in [2.75, 3.05) is 18.9 Å². The molecule has 1 fully saturated rings. The van der Waals surface area contributed by atoms with Gasteiger partial charge in [0.15, 0.2) is 11.4 Å². The summed E-state index contributed by atoms with van der Waals surface area (Å²) < 4.78 is 1.88. The van der Waals surface area contributed by atoms with Gasteiger partial charge in [-0.3, -0.25) is 9.48 Å². The van der Waals surface area contributed by atoms with E-state index in [4.69, 9.17) is 4.98 Å². The van der Waals surface area contributed by atoms with Gasteiger partial charge in [-0.1, -0.05) is 25.1 Å². The molecule has 1 saturated heterocycles. The van der Waals surface area contributed by atoms with Crippen LogP contribution in [0.15, 0.2) is 54.2 Å². The Bertz CT molecular complexity index is 1330. The van der Waals surface area contributed by atoms with Crippen LogP contribution in [0, 0.1) is 0 Å². The van der Waals surface area contributed by atoms with E-state index < -0.39 is 5.60 Å². The van der Waals surface area contributed by atoms with Crippen LogP contribution in [-0.2, 0) is 16.9 Å². The maximum absolute atomic E-state index is 12.5. The third kappa shape index (κ3) is 4.17. The van der Waals surface area contributed by atoms with Crippen LogP contribution in [0.2, 0.25) is 0 Å². The summed E-state index contributed by atoms with van der Waals surface area (Å²) in [5.74, 6) is 0.860. The summed E-state index contributed by atoms with van der Waals surface area (Å²) in [6.45, 7) is 3.49. The Hall–Kier alpha value is -3.63. The van der Waals surface area contributed by atoms with Crippen molar-refractivity contribution in [1.29, 1.82) is 0 Å². The van der Waals surface area contributed by atoms with Crippen LogP contribution in [0.3, 0.4) is 0 Å². The highest BCUT2D eigenvalue weighted by Gasteiger charge is 2.45. The lowest BCUT2D eigenvalue weighted by atomic mass is 9.91. The van der Waals surface area contributed by atoms with Gasteiger partial charge in [-0.05, 0) is 24.1 Å². The van der Waals surface area contributed by atoms with Gasteiger partial charge < -0.3 is 15.3 Å². The van der Waals surface area contributed by atoms with Crippen LogP contribution in [0.1, 0.15) is 25.3 Å². The van der Waals surface area contributed by atoms with Gasteiger partial charge in [-0.15, -0.1) is 11.3 Å². The topological polar surface area (TPSA) is 109 Å². The van der Waals surface area contributed by atoms with E-state index in [1.165, 1.54) is 11.3 Å². The zero-order valence-electron chi connectivity index (χ0n) is 19.0. The molecule has 3 aromatic heterocycles. The molecule has 1 unspecified atom stereocenters. The summed E-state index contributed by atoms with van der Waals surface area (Å²) in [6, 6.07) is 11.1. The molecule has 0 aliphatic carbocycles. The molecule has 1 aromatic carbocycles. The number of thiazole rings is 1. The fraction of sp³-hybridized carbons (Fsp3) is 0.292. The number of amides is 1. The quantitative estimate of drug-likeness (QED) is 0.420. The molecule has 9 nitrogen and oxygen atoms in total. The van der Waals surface area contributed by atoms with E-state index in [-0.39, 0.29) is 5.91 Å². The molecule has 5 rings (SSSR count). The summed E-state index contributed by atoms with van der Waals surface area (Å²) in [7, 11) is 1.71. The Morgan fingerprint density at radius 2 is 2.09 bits per heavy atom. The Morgan fingerprint density at radius 1 is 1.21 bits per heavy atom. The van der Waals surface area contributed by atoms with E-state index in [1.807, 2.05) is 46.6 Å². The summed E-state index contributed by atoms with van der Waals surface area (Å²) in [4.78, 5) is 27.7. The number of likely N-dealkylation sites (tertiary alicyclic amines) is 1. The summed E-state index contributed by atoms with van der Waals surface area (Å²) in [6.07, 6.45) is 4.99. The number of hydrogen-bond donors (Lipinski definition) is 2. The van der Waals surface area contributed by atoms with Gasteiger partial charge in [-0.25, -0.2) is 15.0 Å². The maximum atomic E-state index is 12.5. The zero-order valence-corrected chi connectivity index (χ0v) is 19.8.